The van der Waals surface area contributed by atoms with Crippen molar-refractivity contribution in [3.8, 4) is 0 Å². The molecule has 5 nitrogen and oxygen atoms in total. The number of carbonyl (C=O) groups excluding carboxylic acids is 3. The fourth-order valence-corrected chi connectivity index (χ4v) is 3.98. The molecule has 0 bridgehead atoms. The van der Waals surface area contributed by atoms with Gasteiger partial charge in [0.15, 0.2) is 5.37 Å². The minimum atomic E-state index is -0.910. The monoisotopic (exact) mass is 418 g/mol. The van der Waals surface area contributed by atoms with Gasteiger partial charge in [0.2, 0.25) is 5.91 Å². The van der Waals surface area contributed by atoms with E-state index in [1.165, 1.54) is 11.8 Å². The molecule has 25 heavy (non-hydrogen) atoms. The summed E-state index contributed by atoms with van der Waals surface area (Å²) in [7, 11) is 0. The van der Waals surface area contributed by atoms with E-state index in [0.717, 1.165) is 26.7 Å². The van der Waals surface area contributed by atoms with Crippen molar-refractivity contribution in [2.75, 3.05) is 9.80 Å². The average Bonchev–Trinajstić information content (AvgIpc) is 2.84. The van der Waals surface area contributed by atoms with Gasteiger partial charge >= 0.3 is 0 Å². The van der Waals surface area contributed by atoms with Crippen LogP contribution in [0.3, 0.4) is 0 Å². The zero-order valence-electron chi connectivity index (χ0n) is 13.6. The van der Waals surface area contributed by atoms with Crippen LogP contribution in [0.25, 0.3) is 0 Å². The third-order valence-corrected chi connectivity index (χ3v) is 5.31. The van der Waals surface area contributed by atoms with Gasteiger partial charge in [-0.05, 0) is 60.6 Å². The molecule has 1 saturated heterocycles. The molecular formula is C18H15BrN2O3S. The number of amides is 3. The number of carbonyl (C=O) groups is 3. The van der Waals surface area contributed by atoms with Crippen molar-refractivity contribution in [2.24, 2.45) is 0 Å². The molecule has 0 saturated carbocycles. The molecule has 0 aromatic heterocycles. The van der Waals surface area contributed by atoms with Crippen molar-refractivity contribution in [1.29, 1.82) is 0 Å². The molecule has 1 heterocycles. The lowest BCUT2D eigenvalue weighted by atomic mass is 10.2. The Bertz CT molecular complexity index is 854. The van der Waals surface area contributed by atoms with Crippen LogP contribution in [0.4, 0.5) is 16.2 Å². The average molecular weight is 419 g/mol. The summed E-state index contributed by atoms with van der Waals surface area (Å²) < 4.78 is 0.864. The predicted molar refractivity (Wildman–Crippen MR) is 103 cm³/mol. The first-order chi connectivity index (χ1) is 11.9. The third-order valence-electron chi connectivity index (χ3n) is 3.77. The van der Waals surface area contributed by atoms with Gasteiger partial charge in [-0.1, -0.05) is 28.1 Å². The van der Waals surface area contributed by atoms with Gasteiger partial charge in [-0.2, -0.15) is 0 Å². The summed E-state index contributed by atoms with van der Waals surface area (Å²) in [4.78, 5) is 40.0. The molecule has 0 spiro atoms. The number of hydrogen-bond acceptors (Lipinski definition) is 4. The fraction of sp³-hybridized carbons (Fsp3) is 0.167. The molecular weight excluding hydrogens is 404 g/mol. The molecule has 0 aliphatic carbocycles. The zero-order valence-corrected chi connectivity index (χ0v) is 16.0. The molecule has 0 N–H and O–H groups in total. The number of anilines is 2. The van der Waals surface area contributed by atoms with Crippen LogP contribution >= 0.6 is 27.7 Å². The highest BCUT2D eigenvalue weighted by Gasteiger charge is 2.45. The van der Waals surface area contributed by atoms with Crippen molar-refractivity contribution in [2.45, 2.75) is 19.2 Å². The Morgan fingerprint density at radius 2 is 1.84 bits per heavy atom. The molecule has 1 atom stereocenters. The van der Waals surface area contributed by atoms with Gasteiger partial charge in [0.25, 0.3) is 11.1 Å². The number of hydrogen-bond donors (Lipinski definition) is 0. The second-order valence-corrected chi connectivity index (χ2v) is 7.56. The molecule has 7 heteroatoms. The van der Waals surface area contributed by atoms with Crippen LogP contribution in [0.1, 0.15) is 12.5 Å². The Hall–Kier alpha value is -2.12. The lowest BCUT2D eigenvalue weighted by molar-refractivity contribution is -0.121. The first-order valence-corrected chi connectivity index (χ1v) is 9.22. The van der Waals surface area contributed by atoms with Gasteiger partial charge in [-0.25, -0.2) is 4.90 Å². The molecule has 1 aliphatic rings. The molecule has 3 amide bonds. The third kappa shape index (κ3) is 3.48. The van der Waals surface area contributed by atoms with Gasteiger partial charge in [-0.15, -0.1) is 0 Å². The van der Waals surface area contributed by atoms with E-state index in [1.54, 1.807) is 42.5 Å². The van der Waals surface area contributed by atoms with E-state index in [0.29, 0.717) is 11.4 Å². The van der Waals surface area contributed by atoms with Crippen LogP contribution in [0.15, 0.2) is 53.0 Å². The summed E-state index contributed by atoms with van der Waals surface area (Å²) in [6.07, 6.45) is 0. The predicted octanol–water partition coefficient (Wildman–Crippen LogP) is 4.34. The summed E-state index contributed by atoms with van der Waals surface area (Å²) in [5.74, 6) is -0.717. The van der Waals surface area contributed by atoms with Crippen LogP contribution in [0, 0.1) is 6.92 Å². The zero-order chi connectivity index (χ0) is 18.1. The molecule has 0 radical (unpaired) electrons. The maximum Gasteiger partial charge on any atom is 0.295 e. The summed E-state index contributed by atoms with van der Waals surface area (Å²) >= 11 is 4.19. The SMILES string of the molecule is CC(=O)N(c1ccc(Br)cc1)C1SC(=O)N(c2cccc(C)c2)C1=O. The van der Waals surface area contributed by atoms with Crippen LogP contribution in [-0.2, 0) is 9.59 Å². The highest BCUT2D eigenvalue weighted by Crippen LogP contribution is 2.36. The number of aryl methyl sites for hydroxylation is 1. The van der Waals surface area contributed by atoms with Crippen LogP contribution in [0.5, 0.6) is 0 Å². The smallest absolute Gasteiger partial charge is 0.290 e. The van der Waals surface area contributed by atoms with Gasteiger partial charge in [-0.3, -0.25) is 19.3 Å². The quantitative estimate of drug-likeness (QED) is 0.743. The van der Waals surface area contributed by atoms with E-state index in [9.17, 15) is 14.4 Å². The molecule has 128 valence electrons. The van der Waals surface area contributed by atoms with E-state index in [2.05, 4.69) is 15.9 Å². The second kappa shape index (κ2) is 7.01. The summed E-state index contributed by atoms with van der Waals surface area (Å²) in [6.45, 7) is 3.28. The minimum Gasteiger partial charge on any atom is -0.290 e. The summed E-state index contributed by atoms with van der Waals surface area (Å²) in [5, 5.41) is -1.30. The first kappa shape index (κ1) is 17.7. The van der Waals surface area contributed by atoms with Crippen molar-refractivity contribution in [3.63, 3.8) is 0 Å². The fourth-order valence-electron chi connectivity index (χ4n) is 2.65. The van der Waals surface area contributed by atoms with Gasteiger partial charge in [0, 0.05) is 17.1 Å². The minimum absolute atomic E-state index is 0.299. The maximum absolute atomic E-state index is 12.9. The van der Waals surface area contributed by atoms with E-state index in [4.69, 9.17) is 0 Å². The van der Waals surface area contributed by atoms with Crippen LogP contribution < -0.4 is 9.80 Å². The molecule has 2 aromatic rings. The highest BCUT2D eigenvalue weighted by atomic mass is 79.9. The number of halogens is 1. The number of imide groups is 1. The number of thioether (sulfide) groups is 1. The van der Waals surface area contributed by atoms with Gasteiger partial charge in [0.1, 0.15) is 0 Å². The Labute approximate surface area is 158 Å². The number of rotatable bonds is 3. The Morgan fingerprint density at radius 1 is 1.16 bits per heavy atom. The molecule has 3 rings (SSSR count). The topological polar surface area (TPSA) is 57.7 Å². The Balaban J connectivity index is 1.96. The highest BCUT2D eigenvalue weighted by molar-refractivity contribution is 9.10. The first-order valence-electron chi connectivity index (χ1n) is 7.55. The van der Waals surface area contributed by atoms with E-state index in [-0.39, 0.29) is 11.1 Å². The van der Waals surface area contributed by atoms with Gasteiger partial charge < -0.3 is 0 Å². The van der Waals surface area contributed by atoms with Crippen LogP contribution in [-0.4, -0.2) is 22.4 Å². The second-order valence-electron chi connectivity index (χ2n) is 5.61. The standard InChI is InChI=1S/C18H15BrN2O3S/c1-11-4-3-5-15(10-11)21-16(23)17(25-18(21)24)20(12(2)22)14-8-6-13(19)7-9-14/h3-10,17H,1-2H3. The largest absolute Gasteiger partial charge is 0.295 e. The number of benzene rings is 2. The Kier molecular flexibility index (Phi) is 4.96. The van der Waals surface area contributed by atoms with Crippen molar-refractivity contribution >= 4 is 56.1 Å². The van der Waals surface area contributed by atoms with Crippen LogP contribution in [0.2, 0.25) is 0 Å². The van der Waals surface area contributed by atoms with Gasteiger partial charge in [0.05, 0.1) is 5.69 Å². The van der Waals surface area contributed by atoms with E-state index < -0.39 is 11.3 Å². The maximum atomic E-state index is 12.9. The molecule has 1 fully saturated rings. The lowest BCUT2D eigenvalue weighted by Crippen LogP contribution is -2.44. The lowest BCUT2D eigenvalue weighted by Gasteiger charge is -2.25. The van der Waals surface area contributed by atoms with E-state index >= 15 is 0 Å². The number of nitrogens with zero attached hydrogens (tertiary/aromatic N) is 2. The van der Waals surface area contributed by atoms with Crippen molar-refractivity contribution in [3.05, 3.63) is 58.6 Å². The van der Waals surface area contributed by atoms with Crippen molar-refractivity contribution in [1.82, 2.24) is 0 Å². The molecule has 1 unspecified atom stereocenters. The molecule has 1 aliphatic heterocycles. The van der Waals surface area contributed by atoms with E-state index in [1.807, 2.05) is 13.0 Å². The normalized spacial score (nSPS) is 17.1. The van der Waals surface area contributed by atoms with Crippen molar-refractivity contribution < 1.29 is 14.4 Å². The summed E-state index contributed by atoms with van der Waals surface area (Å²) in [5.41, 5.74) is 2.03. The molecule has 2 aromatic carbocycles. The summed E-state index contributed by atoms with van der Waals surface area (Å²) in [6, 6.07) is 14.2. The Morgan fingerprint density at radius 3 is 2.44 bits per heavy atom.